The van der Waals surface area contributed by atoms with Gasteiger partial charge in [-0.1, -0.05) is 54.6 Å². The first-order valence-electron chi connectivity index (χ1n) is 8.52. The molecule has 1 N–H and O–H groups in total. The van der Waals surface area contributed by atoms with Crippen molar-refractivity contribution in [3.63, 3.8) is 0 Å². The van der Waals surface area contributed by atoms with Crippen LogP contribution in [0.25, 0.3) is 32.9 Å². The zero-order valence-electron chi connectivity index (χ0n) is 13.1. The number of rotatable bonds is 1. The fourth-order valence-electron chi connectivity index (χ4n) is 4.05. The first-order chi connectivity index (χ1) is 11.4. The van der Waals surface area contributed by atoms with E-state index in [-0.39, 0.29) is 0 Å². The van der Waals surface area contributed by atoms with E-state index < -0.39 is 0 Å². The number of hydrogen-bond acceptors (Lipinski definition) is 0. The van der Waals surface area contributed by atoms with Gasteiger partial charge in [0.25, 0.3) is 0 Å². The summed E-state index contributed by atoms with van der Waals surface area (Å²) >= 11 is 0. The van der Waals surface area contributed by atoms with Crippen LogP contribution in [-0.4, -0.2) is 4.98 Å². The number of nitrogens with one attached hydrogen (secondary N) is 1. The number of aromatic amines is 1. The van der Waals surface area contributed by atoms with Crippen LogP contribution >= 0.6 is 0 Å². The van der Waals surface area contributed by atoms with E-state index in [0.29, 0.717) is 0 Å². The molecule has 0 bridgehead atoms. The van der Waals surface area contributed by atoms with Crippen molar-refractivity contribution in [3.8, 4) is 11.3 Å². The van der Waals surface area contributed by atoms with Crippen molar-refractivity contribution >= 4 is 21.7 Å². The Bertz CT molecular complexity index is 1020. The molecule has 0 saturated carbocycles. The van der Waals surface area contributed by atoms with Crippen LogP contribution in [0, 0.1) is 0 Å². The molecule has 0 unspecified atom stereocenters. The highest BCUT2D eigenvalue weighted by atomic mass is 14.7. The van der Waals surface area contributed by atoms with Crippen molar-refractivity contribution < 1.29 is 0 Å². The van der Waals surface area contributed by atoms with Gasteiger partial charge in [-0.25, -0.2) is 0 Å². The lowest BCUT2D eigenvalue weighted by Crippen LogP contribution is -2.04. The Morgan fingerprint density at radius 1 is 0.739 bits per heavy atom. The first kappa shape index (κ1) is 13.0. The van der Waals surface area contributed by atoms with Gasteiger partial charge in [0.1, 0.15) is 0 Å². The third-order valence-corrected chi connectivity index (χ3v) is 5.21. The summed E-state index contributed by atoms with van der Waals surface area (Å²) in [6, 6.07) is 22.2. The molecule has 1 nitrogen and oxygen atoms in total. The second-order valence-electron chi connectivity index (χ2n) is 6.58. The SMILES string of the molecule is c1cc2c(c(-c3cc4ccc5ccccc5c4[nH]3)c1)CCCC2. The molecule has 0 fully saturated rings. The van der Waals surface area contributed by atoms with Crippen molar-refractivity contribution in [3.05, 3.63) is 71.8 Å². The highest BCUT2D eigenvalue weighted by molar-refractivity contribution is 6.07. The van der Waals surface area contributed by atoms with Gasteiger partial charge in [-0.15, -0.1) is 0 Å². The van der Waals surface area contributed by atoms with Gasteiger partial charge >= 0.3 is 0 Å². The molecule has 1 aliphatic carbocycles. The lowest BCUT2D eigenvalue weighted by molar-refractivity contribution is 0.686. The molecule has 5 rings (SSSR count). The van der Waals surface area contributed by atoms with Crippen LogP contribution in [0.5, 0.6) is 0 Å². The molecule has 3 aromatic carbocycles. The van der Waals surface area contributed by atoms with E-state index in [1.807, 2.05) is 0 Å². The van der Waals surface area contributed by atoms with Crippen LogP contribution in [0.15, 0.2) is 60.7 Å². The third kappa shape index (κ3) is 2.00. The van der Waals surface area contributed by atoms with Crippen LogP contribution in [-0.2, 0) is 12.8 Å². The number of hydrogen-bond donors (Lipinski definition) is 1. The molecule has 4 aromatic rings. The van der Waals surface area contributed by atoms with Crippen LogP contribution in [0.2, 0.25) is 0 Å². The Hall–Kier alpha value is -2.54. The smallest absolute Gasteiger partial charge is 0.0538 e. The molecular weight excluding hydrogens is 278 g/mol. The second-order valence-corrected chi connectivity index (χ2v) is 6.58. The molecule has 23 heavy (non-hydrogen) atoms. The van der Waals surface area contributed by atoms with Gasteiger partial charge in [0, 0.05) is 22.0 Å². The number of aryl methyl sites for hydroxylation is 1. The van der Waals surface area contributed by atoms with Gasteiger partial charge in [-0.3, -0.25) is 0 Å². The van der Waals surface area contributed by atoms with Gasteiger partial charge in [0.15, 0.2) is 0 Å². The maximum Gasteiger partial charge on any atom is 0.0538 e. The van der Waals surface area contributed by atoms with E-state index in [1.165, 1.54) is 64.2 Å². The molecule has 1 aromatic heterocycles. The average Bonchev–Trinajstić information content (AvgIpc) is 3.06. The summed E-state index contributed by atoms with van der Waals surface area (Å²) in [5, 5.41) is 3.90. The maximum atomic E-state index is 3.70. The van der Waals surface area contributed by atoms with Gasteiger partial charge in [0.2, 0.25) is 0 Å². The third-order valence-electron chi connectivity index (χ3n) is 5.21. The van der Waals surface area contributed by atoms with Crippen LogP contribution in [0.4, 0.5) is 0 Å². The molecule has 0 radical (unpaired) electrons. The van der Waals surface area contributed by atoms with Crippen molar-refractivity contribution in [1.29, 1.82) is 0 Å². The van der Waals surface area contributed by atoms with E-state index >= 15 is 0 Å². The zero-order valence-corrected chi connectivity index (χ0v) is 13.1. The van der Waals surface area contributed by atoms with Gasteiger partial charge in [-0.05, 0) is 48.3 Å². The van der Waals surface area contributed by atoms with E-state index in [4.69, 9.17) is 0 Å². The van der Waals surface area contributed by atoms with Crippen molar-refractivity contribution in [1.82, 2.24) is 4.98 Å². The maximum absolute atomic E-state index is 3.70. The fourth-order valence-corrected chi connectivity index (χ4v) is 4.05. The Balaban J connectivity index is 1.77. The van der Waals surface area contributed by atoms with Crippen LogP contribution in [0.3, 0.4) is 0 Å². The summed E-state index contributed by atoms with van der Waals surface area (Å²) in [7, 11) is 0. The predicted molar refractivity (Wildman–Crippen MR) is 97.9 cm³/mol. The highest BCUT2D eigenvalue weighted by Crippen LogP contribution is 2.34. The van der Waals surface area contributed by atoms with Gasteiger partial charge in [0.05, 0.1) is 5.52 Å². The van der Waals surface area contributed by atoms with E-state index in [1.54, 1.807) is 5.56 Å². The van der Waals surface area contributed by atoms with Gasteiger partial charge in [-0.2, -0.15) is 0 Å². The van der Waals surface area contributed by atoms with Crippen molar-refractivity contribution in [2.75, 3.05) is 0 Å². The summed E-state index contributed by atoms with van der Waals surface area (Å²) in [6.45, 7) is 0. The quantitative estimate of drug-likeness (QED) is 0.452. The molecular formula is C22H19N. The first-order valence-corrected chi connectivity index (χ1v) is 8.52. The average molecular weight is 297 g/mol. The number of aromatic nitrogens is 1. The van der Waals surface area contributed by atoms with E-state index in [2.05, 4.69) is 65.6 Å². The zero-order chi connectivity index (χ0) is 15.2. The Kier molecular flexibility index (Phi) is 2.81. The molecule has 1 heterocycles. The fraction of sp³-hybridized carbons (Fsp3) is 0.182. The molecule has 112 valence electrons. The Morgan fingerprint density at radius 2 is 1.61 bits per heavy atom. The summed E-state index contributed by atoms with van der Waals surface area (Å²) in [4.78, 5) is 3.70. The monoisotopic (exact) mass is 297 g/mol. The summed E-state index contributed by atoms with van der Waals surface area (Å²) < 4.78 is 0. The van der Waals surface area contributed by atoms with Crippen LogP contribution < -0.4 is 0 Å². The summed E-state index contributed by atoms with van der Waals surface area (Å²) in [6.07, 6.45) is 5.08. The minimum Gasteiger partial charge on any atom is -0.354 e. The van der Waals surface area contributed by atoms with Crippen LogP contribution in [0.1, 0.15) is 24.0 Å². The summed E-state index contributed by atoms with van der Waals surface area (Å²) in [5.74, 6) is 0. The largest absolute Gasteiger partial charge is 0.354 e. The Labute approximate surface area is 136 Å². The molecule has 1 aliphatic rings. The highest BCUT2D eigenvalue weighted by Gasteiger charge is 2.15. The minimum absolute atomic E-state index is 1.21. The number of H-pyrrole nitrogens is 1. The molecule has 0 spiro atoms. The van der Waals surface area contributed by atoms with Crippen molar-refractivity contribution in [2.24, 2.45) is 0 Å². The normalized spacial score (nSPS) is 14.3. The predicted octanol–water partition coefficient (Wildman–Crippen LogP) is 5.87. The van der Waals surface area contributed by atoms with Gasteiger partial charge < -0.3 is 4.98 Å². The molecule has 0 atom stereocenters. The summed E-state index contributed by atoms with van der Waals surface area (Å²) in [5.41, 5.74) is 7.00. The Morgan fingerprint density at radius 3 is 2.61 bits per heavy atom. The van der Waals surface area contributed by atoms with E-state index in [9.17, 15) is 0 Å². The topological polar surface area (TPSA) is 15.8 Å². The standard InChI is InChI=1S/C22H19N/c1-3-9-18-15(6-1)8-5-11-20(18)21-14-17-13-12-16-7-2-4-10-19(16)22(17)23-21/h2,4-5,7-8,10-14,23H,1,3,6,9H2. The minimum atomic E-state index is 1.21. The molecule has 1 heteroatoms. The molecule has 0 saturated heterocycles. The van der Waals surface area contributed by atoms with E-state index in [0.717, 1.165) is 0 Å². The molecule has 0 aliphatic heterocycles. The lowest BCUT2D eigenvalue weighted by Gasteiger charge is -2.18. The number of benzene rings is 3. The lowest BCUT2D eigenvalue weighted by atomic mass is 9.87. The van der Waals surface area contributed by atoms with Crippen molar-refractivity contribution in [2.45, 2.75) is 25.7 Å². The molecule has 0 amide bonds. The number of fused-ring (bicyclic) bond motifs is 4. The second kappa shape index (κ2) is 4.99.